The van der Waals surface area contributed by atoms with Crippen LogP contribution in [-0.4, -0.2) is 16.9 Å². The molecule has 1 rings (SSSR count). The number of amides is 1. The van der Waals surface area contributed by atoms with Crippen molar-refractivity contribution in [3.63, 3.8) is 0 Å². The smallest absolute Gasteiger partial charge is 0.320 e. The lowest BCUT2D eigenvalue weighted by Gasteiger charge is -2.11. The van der Waals surface area contributed by atoms with Gasteiger partial charge in [-0.05, 0) is 19.1 Å². The SMILES string of the molecule is CC(N)C(=O)Nc1ccc(C(F)(F)F)cc1[N+](=O)[O-]. The molecule has 0 aliphatic heterocycles. The van der Waals surface area contributed by atoms with E-state index in [9.17, 15) is 28.1 Å². The maximum Gasteiger partial charge on any atom is 0.416 e. The lowest BCUT2D eigenvalue weighted by Crippen LogP contribution is -2.32. The average molecular weight is 277 g/mol. The molecule has 6 nitrogen and oxygen atoms in total. The van der Waals surface area contributed by atoms with E-state index >= 15 is 0 Å². The molecule has 0 spiro atoms. The number of nitrogens with one attached hydrogen (secondary N) is 1. The summed E-state index contributed by atoms with van der Waals surface area (Å²) in [5.41, 5.74) is 2.90. The minimum Gasteiger partial charge on any atom is -0.320 e. The van der Waals surface area contributed by atoms with E-state index in [-0.39, 0.29) is 5.69 Å². The zero-order chi connectivity index (χ0) is 14.8. The number of nitro groups is 1. The number of hydrogen-bond acceptors (Lipinski definition) is 4. The van der Waals surface area contributed by atoms with Crippen LogP contribution in [0.2, 0.25) is 0 Å². The van der Waals surface area contributed by atoms with Crippen molar-refractivity contribution >= 4 is 17.3 Å². The number of alkyl halides is 3. The Bertz CT molecular complexity index is 514. The molecule has 1 aromatic rings. The minimum absolute atomic E-state index is 0.333. The van der Waals surface area contributed by atoms with Crippen LogP contribution < -0.4 is 11.1 Å². The van der Waals surface area contributed by atoms with Crippen LogP contribution in [-0.2, 0) is 11.0 Å². The van der Waals surface area contributed by atoms with Gasteiger partial charge in [0.15, 0.2) is 0 Å². The summed E-state index contributed by atoms with van der Waals surface area (Å²) in [5.74, 6) is -0.733. The standard InChI is InChI=1S/C10H10F3N3O3/c1-5(14)9(17)15-7-3-2-6(10(11,12)13)4-8(7)16(18)19/h2-5H,14H2,1H3,(H,15,17). The number of carbonyl (C=O) groups excluding carboxylic acids is 1. The number of nitro benzene ring substituents is 1. The molecule has 0 radical (unpaired) electrons. The zero-order valence-corrected chi connectivity index (χ0v) is 9.69. The fourth-order valence-electron chi connectivity index (χ4n) is 1.21. The molecule has 1 atom stereocenters. The van der Waals surface area contributed by atoms with Crippen molar-refractivity contribution in [2.45, 2.75) is 19.1 Å². The van der Waals surface area contributed by atoms with E-state index in [2.05, 4.69) is 5.32 Å². The minimum atomic E-state index is -4.70. The van der Waals surface area contributed by atoms with E-state index in [1.54, 1.807) is 0 Å². The van der Waals surface area contributed by atoms with Crippen LogP contribution >= 0.6 is 0 Å². The quantitative estimate of drug-likeness (QED) is 0.651. The molecule has 19 heavy (non-hydrogen) atoms. The molecule has 104 valence electrons. The van der Waals surface area contributed by atoms with Crippen molar-refractivity contribution < 1.29 is 22.9 Å². The third-order valence-corrected chi connectivity index (χ3v) is 2.19. The summed E-state index contributed by atoms with van der Waals surface area (Å²) in [7, 11) is 0. The van der Waals surface area contributed by atoms with Gasteiger partial charge in [0.05, 0.1) is 16.5 Å². The molecule has 0 heterocycles. The monoisotopic (exact) mass is 277 g/mol. The van der Waals surface area contributed by atoms with Crippen LogP contribution in [0.3, 0.4) is 0 Å². The molecule has 0 aromatic heterocycles. The fraction of sp³-hybridized carbons (Fsp3) is 0.300. The zero-order valence-electron chi connectivity index (χ0n) is 9.69. The highest BCUT2D eigenvalue weighted by molar-refractivity contribution is 5.96. The summed E-state index contributed by atoms with van der Waals surface area (Å²) in [6.07, 6.45) is -4.70. The molecule has 9 heteroatoms. The first-order valence-electron chi connectivity index (χ1n) is 5.05. The summed E-state index contributed by atoms with van der Waals surface area (Å²) < 4.78 is 37.3. The van der Waals surface area contributed by atoms with Gasteiger partial charge in [-0.25, -0.2) is 0 Å². The van der Waals surface area contributed by atoms with Crippen LogP contribution in [0.4, 0.5) is 24.5 Å². The summed E-state index contributed by atoms with van der Waals surface area (Å²) in [5, 5.41) is 12.8. The molecule has 0 bridgehead atoms. The molecule has 3 N–H and O–H groups in total. The van der Waals surface area contributed by atoms with Crippen molar-refractivity contribution in [1.82, 2.24) is 0 Å². The number of benzene rings is 1. The molecule has 0 saturated heterocycles. The lowest BCUT2D eigenvalue weighted by atomic mass is 10.1. The van der Waals surface area contributed by atoms with Gasteiger partial charge in [0, 0.05) is 6.07 Å². The predicted octanol–water partition coefficient (Wildman–Crippen LogP) is 1.90. The highest BCUT2D eigenvalue weighted by atomic mass is 19.4. The number of carbonyl (C=O) groups is 1. The average Bonchev–Trinajstić information content (AvgIpc) is 2.27. The topological polar surface area (TPSA) is 98.3 Å². The first-order valence-corrected chi connectivity index (χ1v) is 5.05. The van der Waals surface area contributed by atoms with Gasteiger partial charge in [0.25, 0.3) is 5.69 Å². The normalized spacial score (nSPS) is 12.9. The number of halogens is 3. The molecular weight excluding hydrogens is 267 g/mol. The Morgan fingerprint density at radius 3 is 2.47 bits per heavy atom. The first kappa shape index (κ1) is 14.9. The summed E-state index contributed by atoms with van der Waals surface area (Å²) in [6, 6.07) is 0.879. The van der Waals surface area contributed by atoms with E-state index in [1.165, 1.54) is 6.92 Å². The summed E-state index contributed by atoms with van der Waals surface area (Å²) in [4.78, 5) is 21.0. The molecule has 0 aliphatic rings. The summed E-state index contributed by atoms with van der Waals surface area (Å²) in [6.45, 7) is 1.34. The maximum absolute atomic E-state index is 12.4. The Balaban J connectivity index is 3.20. The second-order valence-electron chi connectivity index (χ2n) is 3.76. The van der Waals surface area contributed by atoms with Crippen molar-refractivity contribution in [3.05, 3.63) is 33.9 Å². The summed E-state index contributed by atoms with van der Waals surface area (Å²) >= 11 is 0. The molecule has 1 aromatic carbocycles. The highest BCUT2D eigenvalue weighted by Crippen LogP contribution is 2.34. The van der Waals surface area contributed by atoms with Gasteiger partial charge in [-0.1, -0.05) is 0 Å². The fourth-order valence-corrected chi connectivity index (χ4v) is 1.21. The van der Waals surface area contributed by atoms with Gasteiger partial charge < -0.3 is 11.1 Å². The Morgan fingerprint density at radius 2 is 2.05 bits per heavy atom. The Hall–Kier alpha value is -2.16. The Kier molecular flexibility index (Phi) is 4.10. The van der Waals surface area contributed by atoms with E-state index in [0.717, 1.165) is 6.07 Å². The van der Waals surface area contributed by atoms with Crippen molar-refractivity contribution in [2.24, 2.45) is 5.73 Å². The van der Waals surface area contributed by atoms with Gasteiger partial charge in [-0.15, -0.1) is 0 Å². The molecular formula is C10H10F3N3O3. The van der Waals surface area contributed by atoms with Gasteiger partial charge in [0.1, 0.15) is 5.69 Å². The van der Waals surface area contributed by atoms with Crippen LogP contribution in [0.15, 0.2) is 18.2 Å². The van der Waals surface area contributed by atoms with E-state index < -0.39 is 34.3 Å². The van der Waals surface area contributed by atoms with Gasteiger partial charge in [-0.3, -0.25) is 14.9 Å². The lowest BCUT2D eigenvalue weighted by molar-refractivity contribution is -0.384. The second kappa shape index (κ2) is 5.22. The third-order valence-electron chi connectivity index (χ3n) is 2.19. The second-order valence-corrected chi connectivity index (χ2v) is 3.76. The first-order chi connectivity index (χ1) is 8.62. The van der Waals surface area contributed by atoms with E-state index in [0.29, 0.717) is 12.1 Å². The maximum atomic E-state index is 12.4. The van der Waals surface area contributed by atoms with Gasteiger partial charge >= 0.3 is 6.18 Å². The number of hydrogen-bond donors (Lipinski definition) is 2. The number of nitrogens with two attached hydrogens (primary N) is 1. The van der Waals surface area contributed by atoms with Crippen molar-refractivity contribution in [1.29, 1.82) is 0 Å². The predicted molar refractivity (Wildman–Crippen MR) is 60.4 cm³/mol. The van der Waals surface area contributed by atoms with Crippen molar-refractivity contribution in [3.8, 4) is 0 Å². The third kappa shape index (κ3) is 3.65. The number of nitrogens with zero attached hydrogens (tertiary/aromatic N) is 1. The van der Waals surface area contributed by atoms with E-state index in [4.69, 9.17) is 5.73 Å². The van der Waals surface area contributed by atoms with Gasteiger partial charge in [0.2, 0.25) is 5.91 Å². The number of rotatable bonds is 3. The molecule has 0 aliphatic carbocycles. The highest BCUT2D eigenvalue weighted by Gasteiger charge is 2.33. The Labute approximate surface area is 105 Å². The molecule has 1 unspecified atom stereocenters. The van der Waals surface area contributed by atoms with Crippen LogP contribution in [0.1, 0.15) is 12.5 Å². The largest absolute Gasteiger partial charge is 0.416 e. The van der Waals surface area contributed by atoms with Gasteiger partial charge in [-0.2, -0.15) is 13.2 Å². The van der Waals surface area contributed by atoms with Crippen LogP contribution in [0, 0.1) is 10.1 Å². The molecule has 0 saturated carbocycles. The molecule has 0 fully saturated rings. The number of anilines is 1. The van der Waals surface area contributed by atoms with Crippen molar-refractivity contribution in [2.75, 3.05) is 5.32 Å². The Morgan fingerprint density at radius 1 is 1.47 bits per heavy atom. The van der Waals surface area contributed by atoms with Crippen LogP contribution in [0.25, 0.3) is 0 Å². The molecule has 1 amide bonds. The van der Waals surface area contributed by atoms with E-state index in [1.807, 2.05) is 0 Å². The van der Waals surface area contributed by atoms with Crippen LogP contribution in [0.5, 0.6) is 0 Å².